The van der Waals surface area contributed by atoms with Gasteiger partial charge in [-0.05, 0) is 0 Å². The zero-order valence-electron chi connectivity index (χ0n) is 3.63. The molecule has 0 fully saturated rings. The van der Waals surface area contributed by atoms with Crippen LogP contribution in [0.5, 0.6) is 0 Å². The minimum atomic E-state index is -1.49. The molecule has 5 heteroatoms. The first-order chi connectivity index (χ1) is 2.27. The zero-order chi connectivity index (χ0) is 4.28. The number of rotatable bonds is 1. The molecule has 0 spiro atoms. The zero-order valence-corrected chi connectivity index (χ0v) is 7.27. The minimum Gasteiger partial charge on any atom is -0.446 e. The predicted molar refractivity (Wildman–Crippen MR) is 22.4 cm³/mol. The summed E-state index contributed by atoms with van der Waals surface area (Å²) in [4.78, 5) is 0. The van der Waals surface area contributed by atoms with Crippen LogP contribution < -0.4 is 29.6 Å². The molecular formula is CH3NaO2S2. The molecule has 0 saturated heterocycles. The summed E-state index contributed by atoms with van der Waals surface area (Å²) in [6.07, 6.45) is 0. The molecule has 0 aromatic carbocycles. The van der Waals surface area contributed by atoms with E-state index in [2.05, 4.69) is 15.4 Å². The standard InChI is InChI=1S/CH3O2S2.Na/c1-3-5(2)4;/h1H3;/q-1;+1. The molecule has 0 aliphatic rings. The molecular weight excluding hydrogens is 131 g/mol. The van der Waals surface area contributed by atoms with Gasteiger partial charge in [-0.15, -0.1) is 0 Å². The third-order valence-electron chi connectivity index (χ3n) is 0.136. The van der Waals surface area contributed by atoms with E-state index < -0.39 is 9.64 Å². The topological polar surface area (TPSA) is 26.3 Å². The maximum atomic E-state index is 9.52. The molecule has 0 aromatic rings. The summed E-state index contributed by atoms with van der Waals surface area (Å²) in [6, 6.07) is 0. The summed E-state index contributed by atoms with van der Waals surface area (Å²) in [7, 11) is -0.194. The van der Waals surface area contributed by atoms with Crippen molar-refractivity contribution in [3.63, 3.8) is 0 Å². The van der Waals surface area contributed by atoms with Crippen molar-refractivity contribution in [3.05, 3.63) is 0 Å². The molecule has 0 saturated carbocycles. The van der Waals surface area contributed by atoms with Gasteiger partial charge < -0.3 is 8.39 Å². The van der Waals surface area contributed by atoms with Crippen molar-refractivity contribution in [1.82, 2.24) is 0 Å². The quantitative estimate of drug-likeness (QED) is 0.282. The maximum Gasteiger partial charge on any atom is 1.00 e. The van der Waals surface area contributed by atoms with Gasteiger partial charge in [-0.2, -0.15) is 0 Å². The normalized spacial score (nSPS) is 7.67. The van der Waals surface area contributed by atoms with E-state index in [4.69, 9.17) is 0 Å². The molecule has 0 aliphatic heterocycles. The second-order valence-electron chi connectivity index (χ2n) is 0.371. The second kappa shape index (κ2) is 6.33. The fourth-order valence-corrected chi connectivity index (χ4v) is 0. The van der Waals surface area contributed by atoms with Gasteiger partial charge in [-0.3, -0.25) is 0 Å². The molecule has 32 valence electrons. The van der Waals surface area contributed by atoms with E-state index >= 15 is 0 Å². The van der Waals surface area contributed by atoms with Gasteiger partial charge in [0.1, 0.15) is 0 Å². The molecule has 0 atom stereocenters. The Bertz CT molecular complexity index is 69.6. The van der Waals surface area contributed by atoms with Crippen molar-refractivity contribution >= 4 is 20.8 Å². The molecule has 0 aliphatic carbocycles. The van der Waals surface area contributed by atoms with Gasteiger partial charge in [0, 0.05) is 7.11 Å². The molecule has 0 heterocycles. The van der Waals surface area contributed by atoms with Crippen molar-refractivity contribution in [2.75, 3.05) is 7.11 Å². The van der Waals surface area contributed by atoms with Crippen molar-refractivity contribution < 1.29 is 37.9 Å². The largest absolute Gasteiger partial charge is 1.00 e. The average molecular weight is 134 g/mol. The average Bonchev–Trinajstić information content (AvgIpc) is 1.38. The van der Waals surface area contributed by atoms with Crippen molar-refractivity contribution in [1.29, 1.82) is 0 Å². The first kappa shape index (κ1) is 10.3. The Morgan fingerprint density at radius 1 is 1.83 bits per heavy atom. The summed E-state index contributed by atoms with van der Waals surface area (Å²) < 4.78 is 13.6. The molecule has 0 unspecified atom stereocenters. The van der Waals surface area contributed by atoms with E-state index in [-0.39, 0.29) is 29.6 Å². The third-order valence-corrected chi connectivity index (χ3v) is 0.816. The Hall–Kier alpha value is 1.33. The smallest absolute Gasteiger partial charge is 0.446 e. The molecule has 2 nitrogen and oxygen atoms in total. The van der Waals surface area contributed by atoms with Gasteiger partial charge in [0.2, 0.25) is 0 Å². The van der Waals surface area contributed by atoms with E-state index in [0.717, 1.165) is 0 Å². The second-order valence-corrected chi connectivity index (χ2v) is 1.93. The molecule has 0 radical (unpaired) electrons. The Kier molecular flexibility index (Phi) is 10.9. The van der Waals surface area contributed by atoms with Crippen LogP contribution in [0.3, 0.4) is 0 Å². The van der Waals surface area contributed by atoms with Crippen molar-refractivity contribution in [3.8, 4) is 0 Å². The Morgan fingerprint density at radius 3 is 2.00 bits per heavy atom. The van der Waals surface area contributed by atoms with E-state index in [1.807, 2.05) is 0 Å². The monoisotopic (exact) mass is 134 g/mol. The molecule has 0 rings (SSSR count). The molecule has 6 heavy (non-hydrogen) atoms. The van der Waals surface area contributed by atoms with E-state index in [1.54, 1.807) is 0 Å². The number of hydrogen-bond donors (Lipinski definition) is 0. The Balaban J connectivity index is 0. The van der Waals surface area contributed by atoms with Gasteiger partial charge in [0.25, 0.3) is 0 Å². The van der Waals surface area contributed by atoms with Gasteiger partial charge in [-0.25, -0.2) is 11.2 Å². The summed E-state index contributed by atoms with van der Waals surface area (Å²) in [5.41, 5.74) is 0. The Morgan fingerprint density at radius 2 is 2.00 bits per heavy atom. The van der Waals surface area contributed by atoms with Crippen LogP contribution in [-0.4, -0.2) is 7.11 Å². The fourth-order valence-electron chi connectivity index (χ4n) is 0. The van der Waals surface area contributed by atoms with E-state index in [9.17, 15) is 4.21 Å². The summed E-state index contributed by atoms with van der Waals surface area (Å²) in [5, 5.41) is 0. The summed E-state index contributed by atoms with van der Waals surface area (Å²) >= 11 is 4.03. The van der Waals surface area contributed by atoms with Crippen molar-refractivity contribution in [2.45, 2.75) is 0 Å². The van der Waals surface area contributed by atoms with Gasteiger partial charge in [-0.1, -0.05) is 9.64 Å². The first-order valence-corrected chi connectivity index (χ1v) is 2.91. The van der Waals surface area contributed by atoms with Gasteiger partial charge in [0.15, 0.2) is 0 Å². The molecule has 0 amide bonds. The minimum absolute atomic E-state index is 0. The summed E-state index contributed by atoms with van der Waals surface area (Å²) in [6.45, 7) is 0. The maximum absolute atomic E-state index is 9.52. The molecule has 0 N–H and O–H groups in total. The van der Waals surface area contributed by atoms with Crippen LogP contribution >= 0.6 is 0 Å². The van der Waals surface area contributed by atoms with Crippen LogP contribution in [-0.2, 0) is 29.2 Å². The fraction of sp³-hybridized carbons (Fsp3) is 1.00. The van der Waals surface area contributed by atoms with E-state index in [0.29, 0.717) is 0 Å². The predicted octanol–water partition coefficient (Wildman–Crippen LogP) is -3.02. The van der Waals surface area contributed by atoms with Gasteiger partial charge >= 0.3 is 29.6 Å². The molecule has 0 bridgehead atoms. The van der Waals surface area contributed by atoms with Crippen molar-refractivity contribution in [2.24, 2.45) is 0 Å². The van der Waals surface area contributed by atoms with Crippen LogP contribution in [0, 0.1) is 0 Å². The van der Waals surface area contributed by atoms with Crippen LogP contribution in [0.2, 0.25) is 0 Å². The van der Waals surface area contributed by atoms with E-state index in [1.165, 1.54) is 7.11 Å². The van der Waals surface area contributed by atoms with Crippen LogP contribution in [0.4, 0.5) is 0 Å². The van der Waals surface area contributed by atoms with Crippen LogP contribution in [0.25, 0.3) is 0 Å². The SMILES string of the molecule is CO[S-](=O)=S.[Na+]. The molecule has 0 aromatic heterocycles. The van der Waals surface area contributed by atoms with Crippen LogP contribution in [0.1, 0.15) is 0 Å². The summed E-state index contributed by atoms with van der Waals surface area (Å²) in [5.74, 6) is 0. The third kappa shape index (κ3) is 9.01. The van der Waals surface area contributed by atoms with Crippen LogP contribution in [0.15, 0.2) is 0 Å². The van der Waals surface area contributed by atoms with Gasteiger partial charge in [0.05, 0.1) is 0 Å². The first-order valence-electron chi connectivity index (χ1n) is 0.908. The Labute approximate surface area is 65.5 Å². The number of hydrogen-bond acceptors (Lipinski definition) is 4.